The van der Waals surface area contributed by atoms with Crippen molar-refractivity contribution in [2.75, 3.05) is 0 Å². The molecule has 0 spiro atoms. The summed E-state index contributed by atoms with van der Waals surface area (Å²) in [6.45, 7) is 6.31. The Morgan fingerprint density at radius 1 is 1.00 bits per heavy atom. The number of benzene rings is 1. The van der Waals surface area contributed by atoms with Gasteiger partial charge < -0.3 is 24.9 Å². The largest absolute Gasteiger partial charge is 0.707 e. The van der Waals surface area contributed by atoms with Gasteiger partial charge in [-0.25, -0.2) is 0 Å². The van der Waals surface area contributed by atoms with Gasteiger partial charge >= 0.3 is 7.32 Å². The zero-order valence-corrected chi connectivity index (χ0v) is 12.0. The summed E-state index contributed by atoms with van der Waals surface area (Å²) in [6, 6.07) is 7.95. The molecular formula is C13H20BNO5. The van der Waals surface area contributed by atoms with E-state index in [1.54, 1.807) is 27.7 Å². The van der Waals surface area contributed by atoms with Crippen LogP contribution in [0.2, 0.25) is 0 Å². The van der Waals surface area contributed by atoms with Crippen molar-refractivity contribution in [1.29, 1.82) is 5.26 Å². The van der Waals surface area contributed by atoms with Gasteiger partial charge in [0.25, 0.3) is 0 Å². The Bertz CT molecular complexity index is 428. The molecule has 0 fully saturated rings. The molecule has 6 nitrogen and oxygen atoms in total. The summed E-state index contributed by atoms with van der Waals surface area (Å²) in [5, 5.41) is 43.4. The molecule has 0 heterocycles. The van der Waals surface area contributed by atoms with Crippen LogP contribution < -0.4 is 4.65 Å². The quantitative estimate of drug-likeness (QED) is 0.597. The first kappa shape index (κ1) is 18.4. The van der Waals surface area contributed by atoms with Crippen LogP contribution in [0.5, 0.6) is 5.75 Å². The van der Waals surface area contributed by atoms with Gasteiger partial charge in [0.05, 0.1) is 22.8 Å². The van der Waals surface area contributed by atoms with Crippen molar-refractivity contribution in [3.63, 3.8) is 0 Å². The zero-order valence-electron chi connectivity index (χ0n) is 12.0. The summed E-state index contributed by atoms with van der Waals surface area (Å²) in [5.41, 5.74) is -1.52. The minimum atomic E-state index is -1.82. The van der Waals surface area contributed by atoms with Crippen LogP contribution >= 0.6 is 0 Å². The average molecular weight is 281 g/mol. The maximum atomic E-state index is 9.10. The molecular weight excluding hydrogens is 261 g/mol. The number of nitrogens with zero attached hydrogens (tertiary/aromatic N) is 1. The van der Waals surface area contributed by atoms with Crippen LogP contribution in [0.3, 0.4) is 0 Å². The molecule has 1 aromatic carbocycles. The minimum absolute atomic E-state index is 0.309. The number of rotatable bonds is 3. The highest BCUT2D eigenvalue weighted by Gasteiger charge is 2.31. The highest BCUT2D eigenvalue weighted by molar-refractivity contribution is 6.33. The lowest BCUT2D eigenvalue weighted by Crippen LogP contribution is -2.44. The van der Waals surface area contributed by atoms with E-state index < -0.39 is 18.5 Å². The molecule has 0 atom stereocenters. The summed E-state index contributed by atoms with van der Waals surface area (Å²) >= 11 is 0. The fraction of sp³-hybridized carbons (Fsp3) is 0.462. The smallest absolute Gasteiger partial charge is 0.512 e. The van der Waals surface area contributed by atoms with E-state index in [0.717, 1.165) is 0 Å². The molecule has 110 valence electrons. The van der Waals surface area contributed by atoms with Crippen LogP contribution in [0.1, 0.15) is 33.3 Å². The standard InChI is InChI=1S/C7H6BNO3.C6H14O2/c9-5-6-1-3-7(4-2-6)12-8(10)11;1-5(2,7)6(3,4)8/h1-4,10-11H;7-8H,1-4H3. The normalized spacial score (nSPS) is 10.9. The van der Waals surface area contributed by atoms with E-state index >= 15 is 0 Å². The first-order valence-electron chi connectivity index (χ1n) is 5.95. The Morgan fingerprint density at radius 2 is 1.40 bits per heavy atom. The van der Waals surface area contributed by atoms with Gasteiger partial charge in [-0.1, -0.05) is 0 Å². The average Bonchev–Trinajstić information content (AvgIpc) is 2.27. The molecule has 0 bridgehead atoms. The number of aliphatic hydroxyl groups is 2. The van der Waals surface area contributed by atoms with Crippen molar-refractivity contribution in [2.45, 2.75) is 38.9 Å². The molecule has 0 saturated carbocycles. The van der Waals surface area contributed by atoms with E-state index in [-0.39, 0.29) is 0 Å². The highest BCUT2D eigenvalue weighted by Crippen LogP contribution is 2.19. The molecule has 0 amide bonds. The molecule has 1 aromatic rings. The highest BCUT2D eigenvalue weighted by atomic mass is 16.6. The maximum absolute atomic E-state index is 9.10. The zero-order chi connectivity index (χ0) is 16.0. The second kappa shape index (κ2) is 7.26. The van der Waals surface area contributed by atoms with Gasteiger partial charge in [0.2, 0.25) is 0 Å². The van der Waals surface area contributed by atoms with Crippen LogP contribution in [0.4, 0.5) is 0 Å². The molecule has 0 aliphatic heterocycles. The van der Waals surface area contributed by atoms with Crippen molar-refractivity contribution < 1.29 is 24.9 Å². The van der Waals surface area contributed by atoms with Crippen molar-refractivity contribution in [1.82, 2.24) is 0 Å². The molecule has 0 saturated heterocycles. The van der Waals surface area contributed by atoms with Crippen molar-refractivity contribution in [2.24, 2.45) is 0 Å². The van der Waals surface area contributed by atoms with E-state index in [1.807, 2.05) is 6.07 Å². The molecule has 7 heteroatoms. The molecule has 0 aliphatic carbocycles. The number of hydrogen-bond acceptors (Lipinski definition) is 6. The molecule has 4 N–H and O–H groups in total. The van der Waals surface area contributed by atoms with E-state index in [0.29, 0.717) is 11.3 Å². The Kier molecular flexibility index (Phi) is 6.69. The maximum Gasteiger partial charge on any atom is 0.707 e. The van der Waals surface area contributed by atoms with E-state index in [9.17, 15) is 0 Å². The molecule has 0 aliphatic rings. The van der Waals surface area contributed by atoms with Gasteiger partial charge in [0.1, 0.15) is 5.75 Å². The summed E-state index contributed by atoms with van der Waals surface area (Å²) in [4.78, 5) is 0. The first-order chi connectivity index (χ1) is 8.97. The van der Waals surface area contributed by atoms with Gasteiger partial charge in [-0.2, -0.15) is 5.26 Å². The lowest BCUT2D eigenvalue weighted by atomic mass is 9.90. The first-order valence-corrected chi connectivity index (χ1v) is 5.95. The topological polar surface area (TPSA) is 114 Å². The van der Waals surface area contributed by atoms with Crippen LogP contribution in [-0.4, -0.2) is 38.8 Å². The van der Waals surface area contributed by atoms with Crippen LogP contribution in [0.25, 0.3) is 0 Å². The van der Waals surface area contributed by atoms with E-state index in [4.69, 9.17) is 25.5 Å². The SMILES string of the molecule is CC(C)(O)C(C)(C)O.N#Cc1ccc(OB(O)O)cc1. The third-order valence-corrected chi connectivity index (χ3v) is 2.72. The predicted octanol–water partition coefficient (Wildman–Crippen LogP) is 0.435. The third kappa shape index (κ3) is 7.11. The van der Waals surface area contributed by atoms with E-state index in [2.05, 4.69) is 4.65 Å². The van der Waals surface area contributed by atoms with Crippen molar-refractivity contribution in [3.8, 4) is 11.8 Å². The summed E-state index contributed by atoms with van der Waals surface area (Å²) in [6.07, 6.45) is 0. The Labute approximate surface area is 119 Å². The monoisotopic (exact) mass is 281 g/mol. The lowest BCUT2D eigenvalue weighted by molar-refractivity contribution is -0.107. The fourth-order valence-electron chi connectivity index (χ4n) is 0.730. The van der Waals surface area contributed by atoms with Crippen LogP contribution in [0.15, 0.2) is 24.3 Å². The molecule has 0 unspecified atom stereocenters. The van der Waals surface area contributed by atoms with Crippen molar-refractivity contribution >= 4 is 7.32 Å². The fourth-order valence-corrected chi connectivity index (χ4v) is 0.730. The van der Waals surface area contributed by atoms with Gasteiger partial charge in [0, 0.05) is 0 Å². The second-order valence-electron chi connectivity index (χ2n) is 5.20. The molecule has 1 rings (SSSR count). The molecule has 0 radical (unpaired) electrons. The second-order valence-corrected chi connectivity index (χ2v) is 5.20. The van der Waals surface area contributed by atoms with E-state index in [1.165, 1.54) is 24.3 Å². The lowest BCUT2D eigenvalue weighted by Gasteiger charge is -2.31. The number of nitriles is 1. The van der Waals surface area contributed by atoms with Gasteiger partial charge in [-0.15, -0.1) is 0 Å². The summed E-state index contributed by atoms with van der Waals surface area (Å²) in [5.74, 6) is 0.309. The summed E-state index contributed by atoms with van der Waals surface area (Å²) < 4.78 is 4.52. The van der Waals surface area contributed by atoms with Gasteiger partial charge in [-0.3, -0.25) is 0 Å². The Morgan fingerprint density at radius 3 is 1.65 bits per heavy atom. The predicted molar refractivity (Wildman–Crippen MR) is 74.6 cm³/mol. The third-order valence-electron chi connectivity index (χ3n) is 2.72. The van der Waals surface area contributed by atoms with Crippen molar-refractivity contribution in [3.05, 3.63) is 29.8 Å². The molecule has 0 aromatic heterocycles. The van der Waals surface area contributed by atoms with Crippen LogP contribution in [-0.2, 0) is 0 Å². The Balaban J connectivity index is 0.000000396. The Hall–Kier alpha value is -1.59. The van der Waals surface area contributed by atoms with Crippen LogP contribution in [0, 0.1) is 11.3 Å². The number of hydrogen-bond donors (Lipinski definition) is 4. The molecule has 20 heavy (non-hydrogen) atoms. The van der Waals surface area contributed by atoms with Gasteiger partial charge in [0.15, 0.2) is 0 Å². The summed E-state index contributed by atoms with van der Waals surface area (Å²) in [7, 11) is -1.82. The minimum Gasteiger partial charge on any atom is -0.512 e. The van der Waals surface area contributed by atoms with Gasteiger partial charge in [-0.05, 0) is 52.0 Å².